The van der Waals surface area contributed by atoms with Crippen molar-refractivity contribution in [1.82, 2.24) is 15.0 Å². The number of benzene rings is 1. The summed E-state index contributed by atoms with van der Waals surface area (Å²) in [5.41, 5.74) is 2.00. The first-order valence-electron chi connectivity index (χ1n) is 4.97. The van der Waals surface area contributed by atoms with Gasteiger partial charge in [0, 0.05) is 0 Å². The molecular weight excluding hydrogens is 224 g/mol. The Kier molecular flexibility index (Phi) is 3.31. The average Bonchev–Trinajstić information content (AvgIpc) is 2.33. The van der Waals surface area contributed by atoms with Gasteiger partial charge in [0.25, 0.3) is 0 Å². The zero-order valence-corrected chi connectivity index (χ0v) is 9.57. The van der Waals surface area contributed by atoms with Gasteiger partial charge in [0.2, 0.25) is 5.95 Å². The van der Waals surface area contributed by atoms with Crippen molar-refractivity contribution in [2.24, 2.45) is 0 Å². The number of nitrogens with one attached hydrogen (secondary N) is 1. The lowest BCUT2D eigenvalue weighted by atomic mass is 10.1. The summed E-state index contributed by atoms with van der Waals surface area (Å²) in [6, 6.07) is 5.88. The van der Waals surface area contributed by atoms with Gasteiger partial charge in [-0.15, -0.1) is 0 Å². The lowest BCUT2D eigenvalue weighted by Gasteiger charge is -2.07. The van der Waals surface area contributed by atoms with Crippen molar-refractivity contribution in [1.29, 1.82) is 0 Å². The van der Waals surface area contributed by atoms with E-state index in [1.807, 2.05) is 18.2 Å². The number of hydrogen-bond acceptors (Lipinski definition) is 4. The van der Waals surface area contributed by atoms with Gasteiger partial charge in [-0.2, -0.15) is 0 Å². The molecule has 0 saturated heterocycles. The first kappa shape index (κ1) is 10.8. The SMILES string of the molecule is CCc1ccc(Nc2ncncn2)c(Cl)c1. The first-order chi connectivity index (χ1) is 7.79. The van der Waals surface area contributed by atoms with Gasteiger partial charge < -0.3 is 5.32 Å². The second kappa shape index (κ2) is 4.90. The highest BCUT2D eigenvalue weighted by Gasteiger charge is 2.02. The Morgan fingerprint density at radius 2 is 2.00 bits per heavy atom. The molecule has 0 saturated carbocycles. The van der Waals surface area contributed by atoms with Crippen molar-refractivity contribution in [2.45, 2.75) is 13.3 Å². The van der Waals surface area contributed by atoms with Gasteiger partial charge in [-0.05, 0) is 24.1 Å². The molecule has 0 spiro atoms. The zero-order valence-electron chi connectivity index (χ0n) is 8.81. The van der Waals surface area contributed by atoms with E-state index in [2.05, 4.69) is 27.2 Å². The highest BCUT2D eigenvalue weighted by atomic mass is 35.5. The summed E-state index contributed by atoms with van der Waals surface area (Å²) in [7, 11) is 0. The van der Waals surface area contributed by atoms with Crippen LogP contribution in [0, 0.1) is 0 Å². The molecule has 1 heterocycles. The van der Waals surface area contributed by atoms with E-state index in [0.29, 0.717) is 11.0 Å². The molecule has 0 aliphatic carbocycles. The van der Waals surface area contributed by atoms with E-state index in [1.54, 1.807) is 0 Å². The largest absolute Gasteiger partial charge is 0.323 e. The first-order valence-corrected chi connectivity index (χ1v) is 5.35. The maximum absolute atomic E-state index is 6.12. The highest BCUT2D eigenvalue weighted by molar-refractivity contribution is 6.33. The molecule has 1 N–H and O–H groups in total. The molecule has 1 aromatic carbocycles. The van der Waals surface area contributed by atoms with Crippen LogP contribution in [0.3, 0.4) is 0 Å². The summed E-state index contributed by atoms with van der Waals surface area (Å²) in [4.78, 5) is 11.7. The predicted molar refractivity (Wildman–Crippen MR) is 63.9 cm³/mol. The van der Waals surface area contributed by atoms with Gasteiger partial charge >= 0.3 is 0 Å². The molecule has 82 valence electrons. The van der Waals surface area contributed by atoms with Gasteiger partial charge in [0.15, 0.2) is 0 Å². The smallest absolute Gasteiger partial charge is 0.230 e. The number of rotatable bonds is 3. The minimum atomic E-state index is 0.487. The predicted octanol–water partition coefficient (Wildman–Crippen LogP) is 2.83. The summed E-state index contributed by atoms with van der Waals surface area (Å²) in [6.07, 6.45) is 3.83. The Bertz CT molecular complexity index is 473. The number of nitrogens with zero attached hydrogens (tertiary/aromatic N) is 3. The zero-order chi connectivity index (χ0) is 11.4. The van der Waals surface area contributed by atoms with Crippen LogP contribution in [0.25, 0.3) is 0 Å². The van der Waals surface area contributed by atoms with Crippen molar-refractivity contribution < 1.29 is 0 Å². The van der Waals surface area contributed by atoms with Crippen LogP contribution in [0.2, 0.25) is 5.02 Å². The number of aromatic nitrogens is 3. The number of anilines is 2. The normalized spacial score (nSPS) is 10.1. The molecule has 0 aliphatic heterocycles. The molecule has 5 heteroatoms. The van der Waals surface area contributed by atoms with Gasteiger partial charge in [0.1, 0.15) is 12.7 Å². The van der Waals surface area contributed by atoms with Crippen molar-refractivity contribution in [3.05, 3.63) is 41.4 Å². The van der Waals surface area contributed by atoms with Crippen molar-refractivity contribution >= 4 is 23.2 Å². The molecule has 1 aromatic heterocycles. The van der Waals surface area contributed by atoms with Crippen LogP contribution >= 0.6 is 11.6 Å². The van der Waals surface area contributed by atoms with Crippen molar-refractivity contribution in [2.75, 3.05) is 5.32 Å². The Morgan fingerprint density at radius 3 is 2.62 bits per heavy atom. The van der Waals surface area contributed by atoms with E-state index < -0.39 is 0 Å². The summed E-state index contributed by atoms with van der Waals surface area (Å²) in [5, 5.41) is 3.70. The minimum absolute atomic E-state index is 0.487. The average molecular weight is 235 g/mol. The lowest BCUT2D eigenvalue weighted by Crippen LogP contribution is -1.97. The molecular formula is C11H11ClN4. The van der Waals surface area contributed by atoms with Crippen LogP contribution in [0.5, 0.6) is 0 Å². The van der Waals surface area contributed by atoms with Crippen LogP contribution in [0.15, 0.2) is 30.9 Å². The molecule has 0 radical (unpaired) electrons. The van der Waals surface area contributed by atoms with Gasteiger partial charge in [0.05, 0.1) is 10.7 Å². The third-order valence-electron chi connectivity index (χ3n) is 2.18. The van der Waals surface area contributed by atoms with Gasteiger partial charge in [-0.3, -0.25) is 0 Å². The Hall–Kier alpha value is -1.68. The van der Waals surface area contributed by atoms with Crippen LogP contribution < -0.4 is 5.32 Å². The lowest BCUT2D eigenvalue weighted by molar-refractivity contribution is 1.05. The molecule has 0 unspecified atom stereocenters. The van der Waals surface area contributed by atoms with E-state index in [1.165, 1.54) is 18.2 Å². The second-order valence-corrected chi connectivity index (χ2v) is 3.66. The summed E-state index contributed by atoms with van der Waals surface area (Å²) >= 11 is 6.12. The maximum Gasteiger partial charge on any atom is 0.230 e. The molecule has 0 amide bonds. The van der Waals surface area contributed by atoms with E-state index in [-0.39, 0.29) is 0 Å². The molecule has 2 aromatic rings. The van der Waals surface area contributed by atoms with Crippen molar-refractivity contribution in [3.8, 4) is 0 Å². The molecule has 4 nitrogen and oxygen atoms in total. The van der Waals surface area contributed by atoms with Crippen LogP contribution in [-0.4, -0.2) is 15.0 Å². The third kappa shape index (κ3) is 2.46. The van der Waals surface area contributed by atoms with E-state index >= 15 is 0 Å². The molecule has 0 bridgehead atoms. The summed E-state index contributed by atoms with van der Waals surface area (Å²) < 4.78 is 0. The molecule has 0 atom stereocenters. The molecule has 2 rings (SSSR count). The third-order valence-corrected chi connectivity index (χ3v) is 2.49. The Labute approximate surface area is 98.7 Å². The van der Waals surface area contributed by atoms with Crippen LogP contribution in [-0.2, 0) is 6.42 Å². The molecule has 16 heavy (non-hydrogen) atoms. The minimum Gasteiger partial charge on any atom is -0.323 e. The van der Waals surface area contributed by atoms with E-state index in [9.17, 15) is 0 Å². The molecule has 0 fully saturated rings. The fourth-order valence-electron chi connectivity index (χ4n) is 1.30. The van der Waals surface area contributed by atoms with Crippen molar-refractivity contribution in [3.63, 3.8) is 0 Å². The van der Waals surface area contributed by atoms with Crippen LogP contribution in [0.4, 0.5) is 11.6 Å². The highest BCUT2D eigenvalue weighted by Crippen LogP contribution is 2.25. The monoisotopic (exact) mass is 234 g/mol. The van der Waals surface area contributed by atoms with Crippen LogP contribution in [0.1, 0.15) is 12.5 Å². The second-order valence-electron chi connectivity index (χ2n) is 3.25. The fourth-order valence-corrected chi connectivity index (χ4v) is 1.55. The number of aryl methyl sites for hydroxylation is 1. The van der Waals surface area contributed by atoms with Gasteiger partial charge in [-0.1, -0.05) is 24.6 Å². The quantitative estimate of drug-likeness (QED) is 0.887. The number of hydrogen-bond donors (Lipinski definition) is 1. The standard InChI is InChI=1S/C11H11ClN4/c1-2-8-3-4-10(9(12)5-8)16-11-14-6-13-7-15-11/h3-7H,2H2,1H3,(H,13,14,15,16). The summed E-state index contributed by atoms with van der Waals surface area (Å²) in [5.74, 6) is 0.487. The fraction of sp³-hybridized carbons (Fsp3) is 0.182. The molecule has 0 aliphatic rings. The Morgan fingerprint density at radius 1 is 1.25 bits per heavy atom. The number of halogens is 1. The topological polar surface area (TPSA) is 50.7 Å². The van der Waals surface area contributed by atoms with Gasteiger partial charge in [-0.25, -0.2) is 15.0 Å². The maximum atomic E-state index is 6.12. The van der Waals surface area contributed by atoms with E-state index in [0.717, 1.165) is 12.1 Å². The Balaban J connectivity index is 2.22. The summed E-state index contributed by atoms with van der Waals surface area (Å²) in [6.45, 7) is 2.09. The van der Waals surface area contributed by atoms with E-state index in [4.69, 9.17) is 11.6 Å².